The van der Waals surface area contributed by atoms with E-state index in [2.05, 4.69) is 38.2 Å². The van der Waals surface area contributed by atoms with E-state index in [9.17, 15) is 4.79 Å². The van der Waals surface area contributed by atoms with Crippen molar-refractivity contribution in [3.05, 3.63) is 47.0 Å². The fraction of sp³-hybridized carbons (Fsp3) is 0.350. The second-order valence-electron chi connectivity index (χ2n) is 6.80. The summed E-state index contributed by atoms with van der Waals surface area (Å²) in [5, 5.41) is 3.25. The van der Waals surface area contributed by atoms with Gasteiger partial charge in [0.15, 0.2) is 0 Å². The Balaban J connectivity index is 2.00. The van der Waals surface area contributed by atoms with E-state index < -0.39 is 0 Å². The molecule has 0 aromatic heterocycles. The fourth-order valence-corrected chi connectivity index (χ4v) is 3.28. The van der Waals surface area contributed by atoms with Crippen molar-refractivity contribution in [3.63, 3.8) is 0 Å². The Hall–Kier alpha value is -1.85. The van der Waals surface area contributed by atoms with Crippen LogP contribution in [0.3, 0.4) is 0 Å². The van der Waals surface area contributed by atoms with E-state index in [1.54, 1.807) is 12.1 Å². The molecular formula is C20H24ClNO3S. The first-order chi connectivity index (χ1) is 12.2. The van der Waals surface area contributed by atoms with Gasteiger partial charge in [-0.3, -0.25) is 4.79 Å². The summed E-state index contributed by atoms with van der Waals surface area (Å²) in [6.07, 6.45) is 0. The minimum atomic E-state index is -0.130. The number of thioether (sulfide) groups is 1. The lowest BCUT2D eigenvalue weighted by Crippen LogP contribution is -2.15. The van der Waals surface area contributed by atoms with E-state index >= 15 is 0 Å². The molecule has 0 radical (unpaired) electrons. The molecule has 26 heavy (non-hydrogen) atoms. The van der Waals surface area contributed by atoms with Crippen LogP contribution in [0.25, 0.3) is 0 Å². The first kappa shape index (κ1) is 20.5. The Labute approximate surface area is 164 Å². The van der Waals surface area contributed by atoms with Gasteiger partial charge in [-0.1, -0.05) is 44.5 Å². The number of anilines is 1. The molecule has 0 fully saturated rings. The first-order valence-electron chi connectivity index (χ1n) is 8.19. The fourth-order valence-electron chi connectivity index (χ4n) is 2.34. The second kappa shape index (κ2) is 8.69. The minimum absolute atomic E-state index is 0.116. The van der Waals surface area contributed by atoms with Gasteiger partial charge in [-0.15, -0.1) is 11.8 Å². The first-order valence-corrected chi connectivity index (χ1v) is 9.55. The zero-order valence-electron chi connectivity index (χ0n) is 15.7. The zero-order chi connectivity index (χ0) is 19.3. The third-order valence-electron chi connectivity index (χ3n) is 3.84. The van der Waals surface area contributed by atoms with E-state index in [1.165, 1.54) is 31.5 Å². The topological polar surface area (TPSA) is 47.6 Å². The number of ether oxygens (including phenoxy) is 2. The maximum absolute atomic E-state index is 12.3. The largest absolute Gasteiger partial charge is 0.495 e. The number of rotatable bonds is 6. The molecular weight excluding hydrogens is 370 g/mol. The smallest absolute Gasteiger partial charge is 0.234 e. The van der Waals surface area contributed by atoms with Crippen LogP contribution in [0.15, 0.2) is 41.3 Å². The van der Waals surface area contributed by atoms with Gasteiger partial charge in [0.1, 0.15) is 11.5 Å². The number of carbonyl (C=O) groups is 1. The number of halogens is 1. The van der Waals surface area contributed by atoms with Crippen LogP contribution >= 0.6 is 23.4 Å². The summed E-state index contributed by atoms with van der Waals surface area (Å²) in [5.74, 6) is 1.16. The average molecular weight is 394 g/mol. The Morgan fingerprint density at radius 3 is 2.23 bits per heavy atom. The summed E-state index contributed by atoms with van der Waals surface area (Å²) in [5.41, 5.74) is 1.90. The van der Waals surface area contributed by atoms with Crippen LogP contribution < -0.4 is 14.8 Å². The number of hydrogen-bond donors (Lipinski definition) is 1. The predicted octanol–water partition coefficient (Wildman–Crippen LogP) is 5.39. The van der Waals surface area contributed by atoms with E-state index in [1.807, 2.05) is 12.1 Å². The van der Waals surface area contributed by atoms with Gasteiger partial charge in [0.25, 0.3) is 0 Å². The molecule has 0 aliphatic heterocycles. The lowest BCUT2D eigenvalue weighted by atomic mass is 9.87. The molecule has 2 aromatic carbocycles. The standard InChI is InChI=1S/C20H24ClNO3S/c1-20(2,3)13-6-8-14(9-7-13)26-12-19(23)22-16-10-15(21)17(24-4)11-18(16)25-5/h6-11H,12H2,1-5H3,(H,22,23). The quantitative estimate of drug-likeness (QED) is 0.669. The summed E-state index contributed by atoms with van der Waals surface area (Å²) >= 11 is 7.61. The van der Waals surface area contributed by atoms with Crippen molar-refractivity contribution in [3.8, 4) is 11.5 Å². The summed E-state index contributed by atoms with van der Waals surface area (Å²) in [6.45, 7) is 6.53. The molecule has 0 bridgehead atoms. The lowest BCUT2D eigenvalue weighted by Gasteiger charge is -2.19. The normalized spacial score (nSPS) is 11.2. The highest BCUT2D eigenvalue weighted by Gasteiger charge is 2.14. The Morgan fingerprint density at radius 2 is 1.69 bits per heavy atom. The number of amides is 1. The van der Waals surface area contributed by atoms with Crippen LogP contribution in [0, 0.1) is 0 Å². The van der Waals surface area contributed by atoms with Crippen LogP contribution in [-0.2, 0) is 10.2 Å². The van der Waals surface area contributed by atoms with Crippen molar-refractivity contribution in [2.24, 2.45) is 0 Å². The van der Waals surface area contributed by atoms with Gasteiger partial charge in [-0.2, -0.15) is 0 Å². The summed E-state index contributed by atoms with van der Waals surface area (Å²) in [4.78, 5) is 13.3. The molecule has 0 atom stereocenters. The number of methoxy groups -OCH3 is 2. The summed E-state index contributed by atoms with van der Waals surface area (Å²) in [6, 6.07) is 11.6. The molecule has 2 aromatic rings. The molecule has 6 heteroatoms. The van der Waals surface area contributed by atoms with Crippen molar-refractivity contribution in [1.29, 1.82) is 0 Å². The highest BCUT2D eigenvalue weighted by molar-refractivity contribution is 8.00. The van der Waals surface area contributed by atoms with Gasteiger partial charge >= 0.3 is 0 Å². The predicted molar refractivity (Wildman–Crippen MR) is 109 cm³/mol. The van der Waals surface area contributed by atoms with E-state index in [0.29, 0.717) is 28.0 Å². The highest BCUT2D eigenvalue weighted by Crippen LogP contribution is 2.36. The Bertz CT molecular complexity index is 770. The van der Waals surface area contributed by atoms with Crippen molar-refractivity contribution in [2.45, 2.75) is 31.1 Å². The van der Waals surface area contributed by atoms with Gasteiger partial charge in [0, 0.05) is 11.0 Å². The molecule has 140 valence electrons. The molecule has 1 N–H and O–H groups in total. The Morgan fingerprint density at radius 1 is 1.08 bits per heavy atom. The van der Waals surface area contributed by atoms with Gasteiger partial charge < -0.3 is 14.8 Å². The molecule has 0 saturated heterocycles. The third kappa shape index (κ3) is 5.32. The van der Waals surface area contributed by atoms with Crippen molar-refractivity contribution in [1.82, 2.24) is 0 Å². The number of benzene rings is 2. The second-order valence-corrected chi connectivity index (χ2v) is 8.25. The minimum Gasteiger partial charge on any atom is -0.495 e. The molecule has 4 nitrogen and oxygen atoms in total. The molecule has 2 rings (SSSR count). The van der Waals surface area contributed by atoms with E-state index in [4.69, 9.17) is 21.1 Å². The maximum atomic E-state index is 12.3. The molecule has 0 unspecified atom stereocenters. The highest BCUT2D eigenvalue weighted by atomic mass is 35.5. The maximum Gasteiger partial charge on any atom is 0.234 e. The van der Waals surface area contributed by atoms with Crippen LogP contribution in [0.5, 0.6) is 11.5 Å². The molecule has 0 aliphatic rings. The molecule has 0 aliphatic carbocycles. The van der Waals surface area contributed by atoms with Crippen LogP contribution in [0.4, 0.5) is 5.69 Å². The van der Waals surface area contributed by atoms with E-state index in [0.717, 1.165) is 4.90 Å². The Kier molecular flexibility index (Phi) is 6.84. The van der Waals surface area contributed by atoms with Gasteiger partial charge in [0.2, 0.25) is 5.91 Å². The monoisotopic (exact) mass is 393 g/mol. The average Bonchev–Trinajstić information content (AvgIpc) is 2.60. The van der Waals surface area contributed by atoms with Gasteiger partial charge in [-0.05, 0) is 29.2 Å². The number of hydrogen-bond acceptors (Lipinski definition) is 4. The molecule has 0 heterocycles. The third-order valence-corrected chi connectivity index (χ3v) is 5.15. The summed E-state index contributed by atoms with van der Waals surface area (Å²) < 4.78 is 10.4. The van der Waals surface area contributed by atoms with E-state index in [-0.39, 0.29) is 11.3 Å². The molecule has 0 saturated carbocycles. The zero-order valence-corrected chi connectivity index (χ0v) is 17.3. The van der Waals surface area contributed by atoms with Crippen molar-refractivity contribution in [2.75, 3.05) is 25.3 Å². The van der Waals surface area contributed by atoms with Crippen LogP contribution in [-0.4, -0.2) is 25.9 Å². The number of nitrogens with one attached hydrogen (secondary N) is 1. The van der Waals surface area contributed by atoms with Gasteiger partial charge in [-0.25, -0.2) is 0 Å². The van der Waals surface area contributed by atoms with Crippen LogP contribution in [0.1, 0.15) is 26.3 Å². The summed E-state index contributed by atoms with van der Waals surface area (Å²) in [7, 11) is 3.06. The number of carbonyl (C=O) groups excluding carboxylic acids is 1. The van der Waals surface area contributed by atoms with Crippen molar-refractivity contribution >= 4 is 35.0 Å². The molecule has 1 amide bonds. The van der Waals surface area contributed by atoms with Crippen molar-refractivity contribution < 1.29 is 14.3 Å². The van der Waals surface area contributed by atoms with Gasteiger partial charge in [0.05, 0.1) is 30.7 Å². The molecule has 0 spiro atoms. The van der Waals surface area contributed by atoms with Crippen LogP contribution in [0.2, 0.25) is 5.02 Å². The lowest BCUT2D eigenvalue weighted by molar-refractivity contribution is -0.113. The SMILES string of the molecule is COc1cc(OC)c(NC(=O)CSc2ccc(C(C)(C)C)cc2)cc1Cl.